The fourth-order valence-electron chi connectivity index (χ4n) is 4.08. The summed E-state index contributed by atoms with van der Waals surface area (Å²) in [5.41, 5.74) is 0. The lowest BCUT2D eigenvalue weighted by atomic mass is 10.2. The SMILES string of the molecule is CC/C=C\C/C=C\C/C=C\C/C=C\C/C=C\C/C=C\CCC(=O)NC(=O)CCC/C=C\C/C=C\C/C=C\C/C=C\CCCCC. The van der Waals surface area contributed by atoms with Gasteiger partial charge in [0.25, 0.3) is 0 Å². The maximum absolute atomic E-state index is 12.0. The van der Waals surface area contributed by atoms with Crippen molar-refractivity contribution in [2.24, 2.45) is 0 Å². The average molecular weight is 614 g/mol. The number of rotatable bonds is 28. The number of unbranched alkanes of at least 4 members (excludes halogenated alkanes) is 4. The van der Waals surface area contributed by atoms with Gasteiger partial charge in [-0.1, -0.05) is 148 Å². The van der Waals surface area contributed by atoms with Gasteiger partial charge in [0, 0.05) is 12.8 Å². The van der Waals surface area contributed by atoms with Crippen LogP contribution in [0.5, 0.6) is 0 Å². The van der Waals surface area contributed by atoms with Crippen LogP contribution in [-0.4, -0.2) is 11.8 Å². The van der Waals surface area contributed by atoms with Gasteiger partial charge in [-0.25, -0.2) is 0 Å². The fraction of sp³-hybridized carbons (Fsp3) is 0.476. The van der Waals surface area contributed by atoms with Gasteiger partial charge in [-0.05, 0) is 89.9 Å². The zero-order chi connectivity index (χ0) is 32.7. The minimum atomic E-state index is -0.197. The molecule has 0 saturated carbocycles. The molecule has 3 nitrogen and oxygen atoms in total. The number of carbonyl (C=O) groups is 2. The predicted octanol–water partition coefficient (Wildman–Crippen LogP) is 12.3. The van der Waals surface area contributed by atoms with E-state index in [-0.39, 0.29) is 11.8 Å². The molecule has 0 heterocycles. The van der Waals surface area contributed by atoms with E-state index in [1.54, 1.807) is 0 Å². The molecule has 0 saturated heterocycles. The van der Waals surface area contributed by atoms with Crippen molar-refractivity contribution in [2.75, 3.05) is 0 Å². The molecule has 3 heteroatoms. The Morgan fingerprint density at radius 1 is 0.378 bits per heavy atom. The summed E-state index contributed by atoms with van der Waals surface area (Å²) in [5.74, 6) is -0.379. The van der Waals surface area contributed by atoms with E-state index in [1.165, 1.54) is 25.7 Å². The molecule has 45 heavy (non-hydrogen) atoms. The van der Waals surface area contributed by atoms with Crippen LogP contribution in [0, 0.1) is 0 Å². The molecule has 0 atom stereocenters. The number of hydrogen-bond donors (Lipinski definition) is 1. The van der Waals surface area contributed by atoms with Crippen LogP contribution in [-0.2, 0) is 9.59 Å². The van der Waals surface area contributed by atoms with Crippen LogP contribution in [0.4, 0.5) is 0 Å². The molecule has 0 aliphatic heterocycles. The molecule has 0 unspecified atom stereocenters. The summed E-state index contributed by atoms with van der Waals surface area (Å²) in [6, 6.07) is 0. The van der Waals surface area contributed by atoms with Crippen molar-refractivity contribution in [3.63, 3.8) is 0 Å². The largest absolute Gasteiger partial charge is 0.296 e. The van der Waals surface area contributed by atoms with Crippen LogP contribution in [0.25, 0.3) is 0 Å². The molecule has 0 spiro atoms. The Bertz CT molecular complexity index is 998. The van der Waals surface area contributed by atoms with Crippen LogP contribution in [0.1, 0.15) is 129 Å². The van der Waals surface area contributed by atoms with Crippen LogP contribution < -0.4 is 5.32 Å². The first-order chi connectivity index (χ1) is 22.2. The summed E-state index contributed by atoms with van der Waals surface area (Å²) in [7, 11) is 0. The molecule has 0 fully saturated rings. The zero-order valence-corrected chi connectivity index (χ0v) is 28.6. The summed E-state index contributed by atoms with van der Waals surface area (Å²) in [6.45, 7) is 4.39. The van der Waals surface area contributed by atoms with E-state index in [2.05, 4.69) is 135 Å². The summed E-state index contributed by atoms with van der Waals surface area (Å²) in [4.78, 5) is 24.0. The molecule has 0 aliphatic rings. The molecule has 0 aromatic rings. The van der Waals surface area contributed by atoms with Crippen LogP contribution in [0.3, 0.4) is 0 Å². The van der Waals surface area contributed by atoms with E-state index < -0.39 is 0 Å². The van der Waals surface area contributed by atoms with Gasteiger partial charge >= 0.3 is 0 Å². The van der Waals surface area contributed by atoms with Crippen molar-refractivity contribution in [3.8, 4) is 0 Å². The third-order valence-corrected chi connectivity index (χ3v) is 6.65. The first-order valence-corrected chi connectivity index (χ1v) is 17.5. The Labute approximate surface area is 277 Å². The summed E-state index contributed by atoms with van der Waals surface area (Å²) in [6.07, 6.45) is 60.3. The Morgan fingerprint density at radius 3 is 1.11 bits per heavy atom. The lowest BCUT2D eigenvalue weighted by molar-refractivity contribution is -0.130. The van der Waals surface area contributed by atoms with Gasteiger partial charge in [-0.15, -0.1) is 0 Å². The second-order valence-electron chi connectivity index (χ2n) is 10.9. The highest BCUT2D eigenvalue weighted by atomic mass is 16.2. The average Bonchev–Trinajstić information content (AvgIpc) is 3.03. The van der Waals surface area contributed by atoms with E-state index in [0.717, 1.165) is 70.6 Å². The number of amides is 2. The monoisotopic (exact) mass is 613 g/mol. The number of nitrogens with one attached hydrogen (secondary N) is 1. The van der Waals surface area contributed by atoms with Crippen molar-refractivity contribution in [1.82, 2.24) is 5.32 Å². The Morgan fingerprint density at radius 2 is 0.711 bits per heavy atom. The highest BCUT2D eigenvalue weighted by Crippen LogP contribution is 2.02. The van der Waals surface area contributed by atoms with Crippen molar-refractivity contribution in [3.05, 3.63) is 122 Å². The number of carbonyl (C=O) groups excluding carboxylic acids is 2. The van der Waals surface area contributed by atoms with E-state index in [0.29, 0.717) is 19.3 Å². The lowest BCUT2D eigenvalue weighted by Gasteiger charge is -2.02. The fourth-order valence-corrected chi connectivity index (χ4v) is 4.08. The molecule has 2 amide bonds. The molecule has 0 bridgehead atoms. The number of imide groups is 1. The first-order valence-electron chi connectivity index (χ1n) is 17.5. The van der Waals surface area contributed by atoms with E-state index >= 15 is 0 Å². The smallest absolute Gasteiger partial charge is 0.226 e. The minimum Gasteiger partial charge on any atom is -0.296 e. The zero-order valence-electron chi connectivity index (χ0n) is 28.6. The van der Waals surface area contributed by atoms with E-state index in [4.69, 9.17) is 0 Å². The van der Waals surface area contributed by atoms with Crippen LogP contribution in [0.2, 0.25) is 0 Å². The van der Waals surface area contributed by atoms with Gasteiger partial charge in [0.15, 0.2) is 0 Å². The summed E-state index contributed by atoms with van der Waals surface area (Å²) in [5, 5.41) is 2.50. The number of allylic oxidation sites excluding steroid dienone is 20. The van der Waals surface area contributed by atoms with E-state index in [9.17, 15) is 9.59 Å². The molecular formula is C42H63NO2. The second kappa shape index (κ2) is 36.7. The summed E-state index contributed by atoms with van der Waals surface area (Å²) >= 11 is 0. The first kappa shape index (κ1) is 41.5. The highest BCUT2D eigenvalue weighted by Gasteiger charge is 2.05. The summed E-state index contributed by atoms with van der Waals surface area (Å²) < 4.78 is 0. The molecule has 248 valence electrons. The van der Waals surface area contributed by atoms with Crippen molar-refractivity contribution in [1.29, 1.82) is 0 Å². The minimum absolute atomic E-state index is 0.182. The Hall–Kier alpha value is -3.46. The molecule has 0 aromatic heterocycles. The van der Waals surface area contributed by atoms with Gasteiger partial charge in [0.1, 0.15) is 0 Å². The third-order valence-electron chi connectivity index (χ3n) is 6.65. The maximum atomic E-state index is 12.0. The van der Waals surface area contributed by atoms with Crippen LogP contribution in [0.15, 0.2) is 122 Å². The highest BCUT2D eigenvalue weighted by molar-refractivity contribution is 5.95. The van der Waals surface area contributed by atoms with Gasteiger partial charge < -0.3 is 0 Å². The van der Waals surface area contributed by atoms with Crippen molar-refractivity contribution >= 4 is 11.8 Å². The second-order valence-corrected chi connectivity index (χ2v) is 10.9. The molecule has 0 aromatic carbocycles. The van der Waals surface area contributed by atoms with Gasteiger partial charge in [0.05, 0.1) is 0 Å². The van der Waals surface area contributed by atoms with Crippen LogP contribution >= 0.6 is 0 Å². The molecule has 1 N–H and O–H groups in total. The molecule has 0 radical (unpaired) electrons. The van der Waals surface area contributed by atoms with Crippen molar-refractivity contribution in [2.45, 2.75) is 129 Å². The lowest BCUT2D eigenvalue weighted by Crippen LogP contribution is -2.29. The van der Waals surface area contributed by atoms with Crippen molar-refractivity contribution < 1.29 is 9.59 Å². The molecule has 0 rings (SSSR count). The standard InChI is InChI=1S/C42H63NO2/c1-3-5-7-9-11-13-15-17-19-21-22-24-26-28-30-32-34-36-38-40-42(45)43-41(44)39-37-35-33-31-29-27-25-23-20-18-16-14-12-10-8-6-4-2/h5,7,11-14,17-20,22,24-25,27-28,30-31,33-34,36H,3-4,6,8-10,15-16,21,23,26,29,32,35,37-40H2,1-2H3,(H,43,44,45)/b7-5-,13-11-,14-12-,19-17-,20-18-,24-22-,27-25-,30-28-,33-31-,36-34-. The Balaban J connectivity index is 3.69. The normalized spacial score (nSPS) is 13.1. The molecular weight excluding hydrogens is 550 g/mol. The predicted molar refractivity (Wildman–Crippen MR) is 199 cm³/mol. The Kier molecular flexibility index (Phi) is 33.9. The van der Waals surface area contributed by atoms with Gasteiger partial charge in [-0.2, -0.15) is 0 Å². The van der Waals surface area contributed by atoms with Gasteiger partial charge in [0.2, 0.25) is 11.8 Å². The van der Waals surface area contributed by atoms with E-state index in [1.807, 2.05) is 6.08 Å². The topological polar surface area (TPSA) is 46.2 Å². The maximum Gasteiger partial charge on any atom is 0.226 e. The molecule has 0 aliphatic carbocycles. The third kappa shape index (κ3) is 36.6. The van der Waals surface area contributed by atoms with Gasteiger partial charge in [-0.3, -0.25) is 14.9 Å². The number of hydrogen-bond acceptors (Lipinski definition) is 2. The quantitative estimate of drug-likeness (QED) is 0.0705.